The van der Waals surface area contributed by atoms with E-state index >= 15 is 0 Å². The number of anilines is 1. The minimum Gasteiger partial charge on any atom is -0.497 e. The first-order valence-corrected chi connectivity index (χ1v) is 7.54. The van der Waals surface area contributed by atoms with Crippen LogP contribution in [0.5, 0.6) is 11.5 Å². The maximum atomic E-state index is 11.9. The highest BCUT2D eigenvalue weighted by Crippen LogP contribution is 2.29. The Bertz CT molecular complexity index is 686. The van der Waals surface area contributed by atoms with Crippen LogP contribution < -0.4 is 20.1 Å². The number of carbonyl (C=O) groups is 1. The van der Waals surface area contributed by atoms with Gasteiger partial charge in [0.05, 0.1) is 26.1 Å². The Morgan fingerprint density at radius 2 is 2.17 bits per heavy atom. The Labute approximate surface area is 140 Å². The molecular weight excluding hydrogens is 312 g/mol. The summed E-state index contributed by atoms with van der Waals surface area (Å²) in [5.74, 6) is 1.12. The molecule has 24 heavy (non-hydrogen) atoms. The van der Waals surface area contributed by atoms with Crippen LogP contribution >= 0.6 is 0 Å². The van der Waals surface area contributed by atoms with Crippen molar-refractivity contribution in [1.82, 2.24) is 15.1 Å². The van der Waals surface area contributed by atoms with Gasteiger partial charge in [0.25, 0.3) is 0 Å². The van der Waals surface area contributed by atoms with Gasteiger partial charge in [0.15, 0.2) is 0 Å². The minimum atomic E-state index is -0.931. The molecule has 1 unspecified atom stereocenters. The lowest BCUT2D eigenvalue weighted by Crippen LogP contribution is -2.32. The van der Waals surface area contributed by atoms with Crippen molar-refractivity contribution in [2.45, 2.75) is 19.6 Å². The van der Waals surface area contributed by atoms with Gasteiger partial charge in [-0.25, -0.2) is 4.79 Å². The van der Waals surface area contributed by atoms with E-state index in [1.165, 1.54) is 7.11 Å². The molecule has 130 valence electrons. The van der Waals surface area contributed by atoms with Crippen molar-refractivity contribution in [3.8, 4) is 11.5 Å². The molecule has 0 fully saturated rings. The van der Waals surface area contributed by atoms with E-state index in [9.17, 15) is 9.90 Å². The molecule has 1 aromatic carbocycles. The summed E-state index contributed by atoms with van der Waals surface area (Å²) in [4.78, 5) is 11.9. The molecule has 0 aliphatic carbocycles. The smallest absolute Gasteiger partial charge is 0.319 e. The quantitative estimate of drug-likeness (QED) is 0.717. The van der Waals surface area contributed by atoms with Crippen LogP contribution in [0.15, 0.2) is 30.6 Å². The first kappa shape index (κ1) is 17.6. The fraction of sp³-hybridized carbons (Fsp3) is 0.375. The third-order valence-electron chi connectivity index (χ3n) is 3.47. The number of carbonyl (C=O) groups excluding carboxylic acids is 1. The normalized spacial score (nSPS) is 11.7. The summed E-state index contributed by atoms with van der Waals surface area (Å²) < 4.78 is 12.1. The van der Waals surface area contributed by atoms with Gasteiger partial charge in [0.1, 0.15) is 17.6 Å². The third kappa shape index (κ3) is 4.39. The molecule has 8 heteroatoms. The number of aliphatic hydroxyl groups is 1. The molecule has 0 aliphatic heterocycles. The molecular formula is C16H22N4O4. The number of aromatic nitrogens is 2. The van der Waals surface area contributed by atoms with E-state index in [4.69, 9.17) is 9.47 Å². The molecule has 2 amide bonds. The van der Waals surface area contributed by atoms with E-state index in [-0.39, 0.29) is 6.54 Å². The van der Waals surface area contributed by atoms with Crippen LogP contribution in [0.25, 0.3) is 0 Å². The Morgan fingerprint density at radius 3 is 2.79 bits per heavy atom. The number of hydrogen-bond donors (Lipinski definition) is 3. The number of hydrogen-bond acceptors (Lipinski definition) is 5. The average molecular weight is 334 g/mol. The molecule has 0 saturated heterocycles. The molecule has 1 aromatic heterocycles. The third-order valence-corrected chi connectivity index (χ3v) is 3.47. The van der Waals surface area contributed by atoms with Gasteiger partial charge in [-0.2, -0.15) is 5.10 Å². The summed E-state index contributed by atoms with van der Waals surface area (Å²) in [6.07, 6.45) is 2.35. The molecule has 1 heterocycles. The fourth-order valence-electron chi connectivity index (χ4n) is 2.18. The Balaban J connectivity index is 1.94. The van der Waals surface area contributed by atoms with E-state index in [2.05, 4.69) is 15.7 Å². The van der Waals surface area contributed by atoms with Crippen LogP contribution in [-0.4, -0.2) is 41.7 Å². The van der Waals surface area contributed by atoms with Gasteiger partial charge < -0.3 is 25.2 Å². The summed E-state index contributed by atoms with van der Waals surface area (Å²) in [5.41, 5.74) is 1.12. The monoisotopic (exact) mass is 334 g/mol. The largest absolute Gasteiger partial charge is 0.497 e. The van der Waals surface area contributed by atoms with Crippen LogP contribution in [0.3, 0.4) is 0 Å². The lowest BCUT2D eigenvalue weighted by atomic mass is 10.1. The van der Waals surface area contributed by atoms with Gasteiger partial charge in [0.2, 0.25) is 0 Å². The summed E-state index contributed by atoms with van der Waals surface area (Å²) in [6, 6.07) is 4.69. The molecule has 8 nitrogen and oxygen atoms in total. The highest BCUT2D eigenvalue weighted by molar-refractivity contribution is 5.88. The van der Waals surface area contributed by atoms with Crippen LogP contribution in [0.2, 0.25) is 0 Å². The maximum Gasteiger partial charge on any atom is 0.319 e. The molecule has 1 atom stereocenters. The van der Waals surface area contributed by atoms with Crippen molar-refractivity contribution in [3.05, 3.63) is 36.2 Å². The summed E-state index contributed by atoms with van der Waals surface area (Å²) in [5, 5.41) is 19.6. The second-order valence-corrected chi connectivity index (χ2v) is 5.04. The van der Waals surface area contributed by atoms with E-state index in [1.807, 2.05) is 6.92 Å². The number of amides is 2. The molecule has 2 rings (SSSR count). The van der Waals surface area contributed by atoms with Gasteiger partial charge >= 0.3 is 6.03 Å². The number of aliphatic hydroxyl groups excluding tert-OH is 1. The number of nitrogens with zero attached hydrogens (tertiary/aromatic N) is 2. The van der Waals surface area contributed by atoms with Crippen molar-refractivity contribution in [3.63, 3.8) is 0 Å². The predicted octanol–water partition coefficient (Wildman–Crippen LogP) is 1.78. The Morgan fingerprint density at radius 1 is 1.38 bits per heavy atom. The standard InChI is InChI=1S/C16H22N4O4/c1-4-20-10-11(8-18-20)19-16(22)17-9-14(21)13-7-12(23-2)5-6-15(13)24-3/h5-8,10,14,21H,4,9H2,1-3H3,(H2,17,19,22). The van der Waals surface area contributed by atoms with Crippen molar-refractivity contribution in [2.24, 2.45) is 0 Å². The summed E-state index contributed by atoms with van der Waals surface area (Å²) >= 11 is 0. The van der Waals surface area contributed by atoms with E-state index in [0.29, 0.717) is 22.7 Å². The van der Waals surface area contributed by atoms with Crippen LogP contribution in [-0.2, 0) is 6.54 Å². The Kier molecular flexibility index (Phi) is 6.02. The van der Waals surface area contributed by atoms with E-state index < -0.39 is 12.1 Å². The first-order valence-electron chi connectivity index (χ1n) is 7.54. The van der Waals surface area contributed by atoms with Crippen LogP contribution in [0.4, 0.5) is 10.5 Å². The van der Waals surface area contributed by atoms with Crippen molar-refractivity contribution in [1.29, 1.82) is 0 Å². The second-order valence-electron chi connectivity index (χ2n) is 5.04. The number of methoxy groups -OCH3 is 2. The molecule has 0 aliphatic rings. The molecule has 3 N–H and O–H groups in total. The van der Waals surface area contributed by atoms with Crippen molar-refractivity contribution >= 4 is 11.7 Å². The SMILES string of the molecule is CCn1cc(NC(=O)NCC(O)c2cc(OC)ccc2OC)cn1. The zero-order valence-corrected chi connectivity index (χ0v) is 13.9. The lowest BCUT2D eigenvalue weighted by Gasteiger charge is -2.16. The number of urea groups is 1. The van der Waals surface area contributed by atoms with Crippen LogP contribution in [0.1, 0.15) is 18.6 Å². The highest BCUT2D eigenvalue weighted by Gasteiger charge is 2.16. The van der Waals surface area contributed by atoms with E-state index in [1.54, 1.807) is 42.4 Å². The number of aryl methyl sites for hydroxylation is 1. The number of ether oxygens (including phenoxy) is 2. The molecule has 0 spiro atoms. The van der Waals surface area contributed by atoms with Gasteiger partial charge in [-0.05, 0) is 25.1 Å². The summed E-state index contributed by atoms with van der Waals surface area (Å²) in [6.45, 7) is 2.70. The number of rotatable bonds is 7. The molecule has 0 saturated carbocycles. The molecule has 2 aromatic rings. The minimum absolute atomic E-state index is 0.0251. The number of benzene rings is 1. The zero-order valence-electron chi connectivity index (χ0n) is 13.9. The van der Waals surface area contributed by atoms with Crippen molar-refractivity contribution in [2.75, 3.05) is 26.1 Å². The predicted molar refractivity (Wildman–Crippen MR) is 89.4 cm³/mol. The lowest BCUT2D eigenvalue weighted by molar-refractivity contribution is 0.170. The van der Waals surface area contributed by atoms with Gasteiger partial charge in [-0.15, -0.1) is 0 Å². The number of nitrogens with one attached hydrogen (secondary N) is 2. The first-order chi connectivity index (χ1) is 11.6. The van der Waals surface area contributed by atoms with E-state index in [0.717, 1.165) is 6.54 Å². The zero-order chi connectivity index (χ0) is 17.5. The van der Waals surface area contributed by atoms with Gasteiger partial charge in [-0.3, -0.25) is 4.68 Å². The molecule has 0 bridgehead atoms. The maximum absolute atomic E-state index is 11.9. The summed E-state index contributed by atoms with van der Waals surface area (Å²) in [7, 11) is 3.06. The topological polar surface area (TPSA) is 97.6 Å². The highest BCUT2D eigenvalue weighted by atomic mass is 16.5. The van der Waals surface area contributed by atoms with Crippen LogP contribution in [0, 0.1) is 0 Å². The fourth-order valence-corrected chi connectivity index (χ4v) is 2.18. The molecule has 0 radical (unpaired) electrons. The Hall–Kier alpha value is -2.74. The van der Waals surface area contributed by atoms with Gasteiger partial charge in [-0.1, -0.05) is 0 Å². The average Bonchev–Trinajstić information content (AvgIpc) is 3.06. The van der Waals surface area contributed by atoms with Crippen molar-refractivity contribution < 1.29 is 19.4 Å². The second kappa shape index (κ2) is 8.21. The van der Waals surface area contributed by atoms with Gasteiger partial charge in [0, 0.05) is 24.8 Å².